The van der Waals surface area contributed by atoms with Crippen LogP contribution in [0.2, 0.25) is 10.0 Å². The third-order valence-corrected chi connectivity index (χ3v) is 2.85. The summed E-state index contributed by atoms with van der Waals surface area (Å²) in [5.41, 5.74) is 0. The van der Waals surface area contributed by atoms with Crippen molar-refractivity contribution in [1.82, 2.24) is 0 Å². The Balaban J connectivity index is 3.18. The normalized spacial score (nSPS) is 13.1. The van der Waals surface area contributed by atoms with Gasteiger partial charge in [0, 0.05) is 16.3 Å². The van der Waals surface area contributed by atoms with Crippen LogP contribution in [0, 0.1) is 0 Å². The Bertz CT molecular complexity index is 276. The van der Waals surface area contributed by atoms with Crippen LogP contribution in [0.5, 0.6) is 0 Å². The fraction of sp³-hybridized carbons (Fsp3) is 0.143. The van der Waals surface area contributed by atoms with Gasteiger partial charge < -0.3 is 0 Å². The predicted molar refractivity (Wildman–Crippen MR) is 53.5 cm³/mol. The van der Waals surface area contributed by atoms with Crippen LogP contribution in [0.4, 0.5) is 0 Å². The number of halogens is 2. The lowest BCUT2D eigenvalue weighted by Gasteiger charge is -2.27. The quantitative estimate of drug-likeness (QED) is 0.767. The Kier molecular flexibility index (Phi) is 2.91. The highest BCUT2D eigenvalue weighted by molar-refractivity contribution is 8.23. The number of benzene rings is 1. The zero-order valence-electron chi connectivity index (χ0n) is 6.29. The van der Waals surface area contributed by atoms with Gasteiger partial charge in [-0.15, -0.1) is 0 Å². The van der Waals surface area contributed by atoms with E-state index >= 15 is 0 Å². The van der Waals surface area contributed by atoms with E-state index < -0.39 is 10.6 Å². The number of hydrogen-bond acceptors (Lipinski definition) is 2. The van der Waals surface area contributed by atoms with Gasteiger partial charge in [-0.2, -0.15) is 10.6 Å². The van der Waals surface area contributed by atoms with Crippen molar-refractivity contribution in [2.75, 3.05) is 6.26 Å². The van der Waals surface area contributed by atoms with Gasteiger partial charge in [0.15, 0.2) is 0 Å². The van der Waals surface area contributed by atoms with Crippen LogP contribution in [0.3, 0.4) is 0 Å². The van der Waals surface area contributed by atoms with Gasteiger partial charge >= 0.3 is 0 Å². The minimum absolute atomic E-state index is 0.361. The molecule has 0 atom stereocenters. The summed E-state index contributed by atoms with van der Waals surface area (Å²) in [7, 11) is -2.72. The molecule has 0 saturated heterocycles. The summed E-state index contributed by atoms with van der Waals surface area (Å²) < 4.78 is 18.5. The zero-order chi connectivity index (χ0) is 9.35. The van der Waals surface area contributed by atoms with Crippen molar-refractivity contribution in [2.24, 2.45) is 0 Å². The van der Waals surface area contributed by atoms with Crippen molar-refractivity contribution >= 4 is 33.8 Å². The molecule has 1 aromatic rings. The first-order chi connectivity index (χ1) is 5.39. The van der Waals surface area contributed by atoms with E-state index in [2.05, 4.69) is 0 Å². The van der Waals surface area contributed by atoms with Crippen LogP contribution in [-0.2, 0) is 0 Å². The smallest absolute Gasteiger partial charge is 0.0610 e. The first-order valence-corrected chi connectivity index (χ1v) is 5.80. The fourth-order valence-electron chi connectivity index (χ4n) is 0.752. The van der Waals surface area contributed by atoms with Crippen molar-refractivity contribution < 1.29 is 9.11 Å². The molecular weight excluding hydrogens is 219 g/mol. The molecular formula is C7H8Cl2O2S. The lowest BCUT2D eigenvalue weighted by molar-refractivity contribution is 0.495. The molecule has 0 bridgehead atoms. The van der Waals surface area contributed by atoms with E-state index in [4.69, 9.17) is 23.2 Å². The second-order valence-corrected chi connectivity index (χ2v) is 5.45. The van der Waals surface area contributed by atoms with Gasteiger partial charge in [-0.1, -0.05) is 23.2 Å². The second kappa shape index (κ2) is 3.44. The average molecular weight is 227 g/mol. The molecule has 0 saturated carbocycles. The topological polar surface area (TPSA) is 40.5 Å². The van der Waals surface area contributed by atoms with Gasteiger partial charge in [0.2, 0.25) is 0 Å². The Morgan fingerprint density at radius 1 is 1.08 bits per heavy atom. The summed E-state index contributed by atoms with van der Waals surface area (Å²) in [6, 6.07) is 4.52. The van der Waals surface area contributed by atoms with E-state index in [1.54, 1.807) is 0 Å². The third-order valence-electron chi connectivity index (χ3n) is 1.28. The second-order valence-electron chi connectivity index (χ2n) is 2.44. The summed E-state index contributed by atoms with van der Waals surface area (Å²) >= 11 is 11.3. The first kappa shape index (κ1) is 10.2. The van der Waals surface area contributed by atoms with E-state index in [9.17, 15) is 9.11 Å². The van der Waals surface area contributed by atoms with Crippen LogP contribution < -0.4 is 0 Å². The largest absolute Gasteiger partial charge is 0.295 e. The summed E-state index contributed by atoms with van der Waals surface area (Å²) in [6.07, 6.45) is 1.33. The molecule has 2 N–H and O–H groups in total. The van der Waals surface area contributed by atoms with Gasteiger partial charge in [-0.25, -0.2) is 0 Å². The number of rotatable bonds is 1. The molecule has 0 aromatic heterocycles. The molecule has 0 aliphatic carbocycles. The molecule has 12 heavy (non-hydrogen) atoms. The van der Waals surface area contributed by atoms with Gasteiger partial charge in [0.25, 0.3) is 0 Å². The van der Waals surface area contributed by atoms with Crippen molar-refractivity contribution in [3.8, 4) is 0 Å². The molecule has 2 nitrogen and oxygen atoms in total. The van der Waals surface area contributed by atoms with E-state index in [0.717, 1.165) is 0 Å². The molecule has 0 fully saturated rings. The third kappa shape index (κ3) is 2.54. The molecule has 0 aliphatic rings. The summed E-state index contributed by atoms with van der Waals surface area (Å²) in [6.45, 7) is 0. The molecule has 1 aromatic carbocycles. The highest BCUT2D eigenvalue weighted by atomic mass is 35.5. The van der Waals surface area contributed by atoms with E-state index in [1.165, 1.54) is 24.5 Å². The number of hydrogen-bond donors (Lipinski definition) is 2. The molecule has 5 heteroatoms. The highest BCUT2D eigenvalue weighted by Crippen LogP contribution is 2.45. The Labute approximate surface area is 82.5 Å². The summed E-state index contributed by atoms with van der Waals surface area (Å²) in [4.78, 5) is 0.361. The highest BCUT2D eigenvalue weighted by Gasteiger charge is 2.09. The maximum atomic E-state index is 9.26. The molecule has 0 heterocycles. The van der Waals surface area contributed by atoms with Crippen molar-refractivity contribution in [2.45, 2.75) is 4.90 Å². The minimum atomic E-state index is -2.72. The maximum Gasteiger partial charge on any atom is 0.0610 e. The van der Waals surface area contributed by atoms with Crippen LogP contribution in [0.25, 0.3) is 0 Å². The molecule has 0 amide bonds. The molecule has 0 spiro atoms. The van der Waals surface area contributed by atoms with Crippen LogP contribution in [0.15, 0.2) is 23.1 Å². The molecule has 1 rings (SSSR count). The van der Waals surface area contributed by atoms with Gasteiger partial charge in [-0.05, 0) is 18.2 Å². The standard InChI is InChI=1S/C7H8Cl2O2S/c1-12(10,11)7-3-5(8)2-6(9)4-7/h2-4,10-11H,1H3. The molecule has 0 unspecified atom stereocenters. The van der Waals surface area contributed by atoms with Crippen LogP contribution in [-0.4, -0.2) is 15.4 Å². The predicted octanol–water partition coefficient (Wildman–Crippen LogP) is 3.73. The molecule has 68 valence electrons. The van der Waals surface area contributed by atoms with E-state index in [1.807, 2.05) is 0 Å². The fourth-order valence-corrected chi connectivity index (χ4v) is 2.11. The van der Waals surface area contributed by atoms with Crippen LogP contribution in [0.1, 0.15) is 0 Å². The Morgan fingerprint density at radius 2 is 1.50 bits per heavy atom. The van der Waals surface area contributed by atoms with Crippen molar-refractivity contribution in [1.29, 1.82) is 0 Å². The minimum Gasteiger partial charge on any atom is -0.295 e. The average Bonchev–Trinajstić information content (AvgIpc) is 1.82. The zero-order valence-corrected chi connectivity index (χ0v) is 8.62. The van der Waals surface area contributed by atoms with Crippen molar-refractivity contribution in [3.05, 3.63) is 28.2 Å². The molecule has 0 radical (unpaired) electrons. The molecule has 0 aliphatic heterocycles. The Morgan fingerprint density at radius 3 is 1.83 bits per heavy atom. The van der Waals surface area contributed by atoms with Crippen molar-refractivity contribution in [3.63, 3.8) is 0 Å². The van der Waals surface area contributed by atoms with E-state index in [-0.39, 0.29) is 0 Å². The van der Waals surface area contributed by atoms with E-state index in [0.29, 0.717) is 14.9 Å². The van der Waals surface area contributed by atoms with Gasteiger partial charge in [-0.3, -0.25) is 9.11 Å². The van der Waals surface area contributed by atoms with Crippen LogP contribution >= 0.6 is 33.8 Å². The Hall–Kier alpha value is 0.0700. The summed E-state index contributed by atoms with van der Waals surface area (Å²) in [5.74, 6) is 0. The lowest BCUT2D eigenvalue weighted by Crippen LogP contribution is -1.94. The summed E-state index contributed by atoms with van der Waals surface area (Å²) in [5, 5.41) is 0.804. The lowest BCUT2D eigenvalue weighted by atomic mass is 10.4. The van der Waals surface area contributed by atoms with Gasteiger partial charge in [0.1, 0.15) is 0 Å². The van der Waals surface area contributed by atoms with Gasteiger partial charge in [0.05, 0.1) is 4.90 Å². The monoisotopic (exact) mass is 226 g/mol. The first-order valence-electron chi connectivity index (χ1n) is 3.09. The maximum absolute atomic E-state index is 9.26. The SMILES string of the molecule is CS(O)(O)c1cc(Cl)cc(Cl)c1.